The Labute approximate surface area is 118 Å². The molecule has 1 nitrogen and oxygen atoms in total. The zero-order valence-corrected chi connectivity index (χ0v) is 13.1. The Morgan fingerprint density at radius 2 is 1.83 bits per heavy atom. The second-order valence-electron chi connectivity index (χ2n) is 5.39. The maximum absolute atomic E-state index is 4.88. The molecule has 0 saturated heterocycles. The number of aromatic nitrogens is 1. The van der Waals surface area contributed by atoms with Gasteiger partial charge in [-0.1, -0.05) is 61.8 Å². The molecule has 0 amide bonds. The third-order valence-electron chi connectivity index (χ3n) is 3.33. The van der Waals surface area contributed by atoms with Crippen LogP contribution < -0.4 is 0 Å². The lowest BCUT2D eigenvalue weighted by Gasteiger charge is -2.14. The maximum Gasteiger partial charge on any atom is 0.0743 e. The topological polar surface area (TPSA) is 12.9 Å². The van der Waals surface area contributed by atoms with E-state index in [9.17, 15) is 0 Å². The molecule has 0 fully saturated rings. The molecular formula is C16H20BrN. The fourth-order valence-corrected chi connectivity index (χ4v) is 2.70. The fraction of sp³-hybridized carbons (Fsp3) is 0.438. The van der Waals surface area contributed by atoms with Crippen LogP contribution in [0.5, 0.6) is 0 Å². The first kappa shape index (κ1) is 13.5. The van der Waals surface area contributed by atoms with Gasteiger partial charge >= 0.3 is 0 Å². The van der Waals surface area contributed by atoms with Gasteiger partial charge in [0.15, 0.2) is 0 Å². The van der Waals surface area contributed by atoms with Gasteiger partial charge in [-0.05, 0) is 29.0 Å². The van der Waals surface area contributed by atoms with Crippen molar-refractivity contribution in [1.29, 1.82) is 0 Å². The van der Waals surface area contributed by atoms with E-state index in [4.69, 9.17) is 4.98 Å². The molecule has 18 heavy (non-hydrogen) atoms. The van der Waals surface area contributed by atoms with Crippen molar-refractivity contribution in [2.24, 2.45) is 0 Å². The zero-order valence-electron chi connectivity index (χ0n) is 11.5. The number of para-hydroxylation sites is 1. The number of pyridine rings is 1. The molecule has 1 heterocycles. The van der Waals surface area contributed by atoms with Crippen molar-refractivity contribution in [2.45, 2.75) is 44.9 Å². The standard InChI is InChI=1S/C16H20BrN/c1-10(2)13-6-5-7-14-12(9-17)8-15(11(3)4)18-16(13)14/h5-8,10-11H,9H2,1-4H3. The summed E-state index contributed by atoms with van der Waals surface area (Å²) in [5.41, 5.74) is 5.04. The van der Waals surface area contributed by atoms with E-state index in [1.54, 1.807) is 0 Å². The Balaban J connectivity index is 2.79. The lowest BCUT2D eigenvalue weighted by Crippen LogP contribution is -2.00. The summed E-state index contributed by atoms with van der Waals surface area (Å²) < 4.78 is 0. The van der Waals surface area contributed by atoms with Crippen molar-refractivity contribution in [1.82, 2.24) is 4.98 Å². The number of fused-ring (bicyclic) bond motifs is 1. The lowest BCUT2D eigenvalue weighted by atomic mass is 9.96. The average molecular weight is 306 g/mol. The fourth-order valence-electron chi connectivity index (χ4n) is 2.24. The molecule has 0 aliphatic heterocycles. The Kier molecular flexibility index (Phi) is 4.06. The van der Waals surface area contributed by atoms with E-state index in [0.29, 0.717) is 11.8 Å². The number of hydrogen-bond acceptors (Lipinski definition) is 1. The Morgan fingerprint density at radius 1 is 1.11 bits per heavy atom. The van der Waals surface area contributed by atoms with Crippen molar-refractivity contribution >= 4 is 26.8 Å². The van der Waals surface area contributed by atoms with Crippen LogP contribution in [0.1, 0.15) is 56.4 Å². The van der Waals surface area contributed by atoms with Crippen LogP contribution in [0.15, 0.2) is 24.3 Å². The molecule has 1 aromatic carbocycles. The van der Waals surface area contributed by atoms with E-state index in [1.807, 2.05) is 0 Å². The first-order valence-electron chi connectivity index (χ1n) is 6.53. The van der Waals surface area contributed by atoms with Crippen molar-refractivity contribution in [2.75, 3.05) is 0 Å². The van der Waals surface area contributed by atoms with E-state index < -0.39 is 0 Å². The third kappa shape index (κ3) is 2.44. The van der Waals surface area contributed by atoms with Crippen LogP contribution in [0.25, 0.3) is 10.9 Å². The summed E-state index contributed by atoms with van der Waals surface area (Å²) in [5.74, 6) is 0.971. The largest absolute Gasteiger partial charge is 0.252 e. The molecule has 0 aliphatic carbocycles. The molecule has 0 bridgehead atoms. The quantitative estimate of drug-likeness (QED) is 0.694. The van der Waals surface area contributed by atoms with Gasteiger partial charge in [0, 0.05) is 16.4 Å². The van der Waals surface area contributed by atoms with Crippen LogP contribution >= 0.6 is 15.9 Å². The van der Waals surface area contributed by atoms with E-state index in [0.717, 1.165) is 5.33 Å². The van der Waals surface area contributed by atoms with Crippen molar-refractivity contribution < 1.29 is 0 Å². The second kappa shape index (κ2) is 5.40. The summed E-state index contributed by atoms with van der Waals surface area (Å²) in [4.78, 5) is 4.88. The average Bonchev–Trinajstić information content (AvgIpc) is 2.36. The van der Waals surface area contributed by atoms with Crippen LogP contribution in [-0.4, -0.2) is 4.98 Å². The molecule has 2 rings (SSSR count). The normalized spacial score (nSPS) is 11.7. The second-order valence-corrected chi connectivity index (χ2v) is 5.95. The van der Waals surface area contributed by atoms with Gasteiger partial charge in [-0.25, -0.2) is 0 Å². The molecule has 0 spiro atoms. The zero-order chi connectivity index (χ0) is 13.3. The summed E-state index contributed by atoms with van der Waals surface area (Å²) in [6, 6.07) is 8.74. The highest BCUT2D eigenvalue weighted by atomic mass is 79.9. The summed E-state index contributed by atoms with van der Waals surface area (Å²) >= 11 is 3.60. The molecule has 96 valence electrons. The van der Waals surface area contributed by atoms with E-state index >= 15 is 0 Å². The van der Waals surface area contributed by atoms with Gasteiger partial charge in [-0.15, -0.1) is 0 Å². The van der Waals surface area contributed by atoms with Crippen LogP contribution in [0.2, 0.25) is 0 Å². The molecule has 2 aromatic rings. The predicted octanol–water partition coefficient (Wildman–Crippen LogP) is 5.38. The van der Waals surface area contributed by atoms with Gasteiger partial charge < -0.3 is 0 Å². The SMILES string of the molecule is CC(C)c1cc(CBr)c2cccc(C(C)C)c2n1. The van der Waals surface area contributed by atoms with Crippen molar-refractivity contribution in [3.8, 4) is 0 Å². The minimum absolute atomic E-state index is 0.465. The minimum Gasteiger partial charge on any atom is -0.252 e. The Bertz CT molecular complexity index is 558. The molecule has 0 radical (unpaired) electrons. The molecule has 0 aliphatic rings. The Morgan fingerprint density at radius 3 is 2.39 bits per heavy atom. The molecule has 0 unspecified atom stereocenters. The van der Waals surface area contributed by atoms with Crippen LogP contribution in [0.4, 0.5) is 0 Å². The highest BCUT2D eigenvalue weighted by molar-refractivity contribution is 9.08. The monoisotopic (exact) mass is 305 g/mol. The van der Waals surface area contributed by atoms with Crippen molar-refractivity contribution in [3.63, 3.8) is 0 Å². The highest BCUT2D eigenvalue weighted by Crippen LogP contribution is 2.29. The van der Waals surface area contributed by atoms with Gasteiger partial charge in [0.05, 0.1) is 5.52 Å². The minimum atomic E-state index is 0.465. The molecule has 0 N–H and O–H groups in total. The van der Waals surface area contributed by atoms with E-state index in [1.165, 1.54) is 27.7 Å². The van der Waals surface area contributed by atoms with Gasteiger partial charge in [0.25, 0.3) is 0 Å². The Hall–Kier alpha value is -0.890. The third-order valence-corrected chi connectivity index (χ3v) is 3.94. The van der Waals surface area contributed by atoms with Gasteiger partial charge in [-0.3, -0.25) is 4.98 Å². The highest BCUT2D eigenvalue weighted by Gasteiger charge is 2.12. The number of hydrogen-bond donors (Lipinski definition) is 0. The predicted molar refractivity (Wildman–Crippen MR) is 82.6 cm³/mol. The van der Waals surface area contributed by atoms with Crippen molar-refractivity contribution in [3.05, 3.63) is 41.1 Å². The molecule has 2 heteroatoms. The van der Waals surface area contributed by atoms with E-state index in [-0.39, 0.29) is 0 Å². The number of benzene rings is 1. The number of rotatable bonds is 3. The molecule has 1 aromatic heterocycles. The summed E-state index contributed by atoms with van der Waals surface area (Å²) in [6.45, 7) is 8.85. The van der Waals surface area contributed by atoms with Gasteiger partial charge in [0.1, 0.15) is 0 Å². The first-order valence-corrected chi connectivity index (χ1v) is 7.65. The smallest absolute Gasteiger partial charge is 0.0743 e. The number of alkyl halides is 1. The van der Waals surface area contributed by atoms with Crippen LogP contribution in [-0.2, 0) is 5.33 Å². The number of nitrogens with zero attached hydrogens (tertiary/aromatic N) is 1. The summed E-state index contributed by atoms with van der Waals surface area (Å²) in [7, 11) is 0. The number of halogens is 1. The van der Waals surface area contributed by atoms with Crippen LogP contribution in [0.3, 0.4) is 0 Å². The molecule has 0 saturated carbocycles. The van der Waals surface area contributed by atoms with Gasteiger partial charge in [-0.2, -0.15) is 0 Å². The molecule has 0 atom stereocenters. The lowest BCUT2D eigenvalue weighted by molar-refractivity contribution is 0.821. The summed E-state index contributed by atoms with van der Waals surface area (Å²) in [5, 5.41) is 2.16. The summed E-state index contributed by atoms with van der Waals surface area (Å²) in [6.07, 6.45) is 0. The van der Waals surface area contributed by atoms with Crippen LogP contribution in [0, 0.1) is 0 Å². The van der Waals surface area contributed by atoms with Gasteiger partial charge in [0.2, 0.25) is 0 Å². The van der Waals surface area contributed by atoms with E-state index in [2.05, 4.69) is 67.9 Å². The molecular weight excluding hydrogens is 286 g/mol. The first-order chi connectivity index (χ1) is 8.54. The maximum atomic E-state index is 4.88.